The van der Waals surface area contributed by atoms with E-state index in [1.807, 2.05) is 31.2 Å². The second-order valence-electron chi connectivity index (χ2n) is 5.97. The Labute approximate surface area is 154 Å². The maximum Gasteiger partial charge on any atom is 0.255 e. The number of rotatable bonds is 7. The number of aryl methyl sites for hydroxylation is 1. The van der Waals surface area contributed by atoms with Crippen LogP contribution in [0.1, 0.15) is 28.4 Å². The lowest BCUT2D eigenvalue weighted by Crippen LogP contribution is -2.27. The standard InChI is InChI=1S/C19H24N2O4S/c1-5-20-19(22)17-12-16(10-11-18(17)25-4)26(23,24)21(3)13-15-8-6-14(2)7-9-15/h6-12H,5,13H2,1-4H3,(H,20,22). The number of hydrogen-bond donors (Lipinski definition) is 1. The molecule has 0 atom stereocenters. The summed E-state index contributed by atoms with van der Waals surface area (Å²) < 4.78 is 32.2. The van der Waals surface area contributed by atoms with Gasteiger partial charge in [-0.05, 0) is 37.6 Å². The molecule has 6 nitrogen and oxygen atoms in total. The third kappa shape index (κ3) is 4.42. The molecule has 0 fully saturated rings. The molecule has 2 aromatic carbocycles. The first-order valence-electron chi connectivity index (χ1n) is 8.27. The quantitative estimate of drug-likeness (QED) is 0.806. The van der Waals surface area contributed by atoms with Crippen LogP contribution in [0.2, 0.25) is 0 Å². The predicted octanol–water partition coefficient (Wildman–Crippen LogP) is 2.57. The van der Waals surface area contributed by atoms with Crippen LogP contribution in [0.5, 0.6) is 5.75 Å². The first-order valence-corrected chi connectivity index (χ1v) is 9.71. The van der Waals surface area contributed by atoms with Crippen LogP contribution in [0.3, 0.4) is 0 Å². The van der Waals surface area contributed by atoms with Crippen molar-refractivity contribution in [2.24, 2.45) is 0 Å². The van der Waals surface area contributed by atoms with Gasteiger partial charge in [-0.1, -0.05) is 29.8 Å². The monoisotopic (exact) mass is 376 g/mol. The molecule has 26 heavy (non-hydrogen) atoms. The van der Waals surface area contributed by atoms with Crippen molar-refractivity contribution >= 4 is 15.9 Å². The number of amides is 1. The molecule has 7 heteroatoms. The highest BCUT2D eigenvalue weighted by atomic mass is 32.2. The van der Waals surface area contributed by atoms with Gasteiger partial charge in [0, 0.05) is 20.1 Å². The lowest BCUT2D eigenvalue weighted by atomic mass is 10.1. The first-order chi connectivity index (χ1) is 12.3. The molecule has 0 spiro atoms. The highest BCUT2D eigenvalue weighted by Gasteiger charge is 2.24. The van der Waals surface area contributed by atoms with Crippen LogP contribution in [0.4, 0.5) is 0 Å². The summed E-state index contributed by atoms with van der Waals surface area (Å²) in [4.78, 5) is 12.2. The number of methoxy groups -OCH3 is 1. The summed E-state index contributed by atoms with van der Waals surface area (Å²) in [5.74, 6) is -0.0429. The zero-order valence-corrected chi connectivity index (χ0v) is 16.3. The Balaban J connectivity index is 2.33. The van der Waals surface area contributed by atoms with Crippen LogP contribution >= 0.6 is 0 Å². The SMILES string of the molecule is CCNC(=O)c1cc(S(=O)(=O)N(C)Cc2ccc(C)cc2)ccc1OC. The number of sulfonamides is 1. The van der Waals surface area contributed by atoms with Crippen molar-refractivity contribution in [3.05, 3.63) is 59.2 Å². The minimum Gasteiger partial charge on any atom is -0.496 e. The Morgan fingerprint density at radius 2 is 1.81 bits per heavy atom. The summed E-state index contributed by atoms with van der Waals surface area (Å²) in [6.45, 7) is 4.45. The van der Waals surface area contributed by atoms with E-state index in [2.05, 4.69) is 5.32 Å². The van der Waals surface area contributed by atoms with Crippen LogP contribution in [-0.4, -0.2) is 39.3 Å². The van der Waals surface area contributed by atoms with E-state index in [4.69, 9.17) is 4.74 Å². The molecule has 0 heterocycles. The first kappa shape index (κ1) is 19.9. The number of hydrogen-bond acceptors (Lipinski definition) is 4. The van der Waals surface area contributed by atoms with E-state index in [9.17, 15) is 13.2 Å². The highest BCUT2D eigenvalue weighted by molar-refractivity contribution is 7.89. The van der Waals surface area contributed by atoms with Gasteiger partial charge in [-0.25, -0.2) is 8.42 Å². The summed E-state index contributed by atoms with van der Waals surface area (Å²) in [5.41, 5.74) is 2.19. The molecule has 0 aliphatic rings. The molecule has 1 N–H and O–H groups in total. The Hall–Kier alpha value is -2.38. The molecule has 0 unspecified atom stereocenters. The maximum absolute atomic E-state index is 12.9. The normalized spacial score (nSPS) is 11.4. The van der Waals surface area contributed by atoms with Crippen LogP contribution < -0.4 is 10.1 Å². The smallest absolute Gasteiger partial charge is 0.255 e. The van der Waals surface area contributed by atoms with E-state index >= 15 is 0 Å². The van der Waals surface area contributed by atoms with Crippen molar-refractivity contribution in [1.29, 1.82) is 0 Å². The van der Waals surface area contributed by atoms with Gasteiger partial charge in [0.2, 0.25) is 10.0 Å². The van der Waals surface area contributed by atoms with E-state index in [1.165, 1.54) is 36.7 Å². The van der Waals surface area contributed by atoms with Gasteiger partial charge in [-0.2, -0.15) is 4.31 Å². The van der Waals surface area contributed by atoms with E-state index in [-0.39, 0.29) is 22.9 Å². The fourth-order valence-electron chi connectivity index (χ4n) is 2.50. The van der Waals surface area contributed by atoms with E-state index in [1.54, 1.807) is 6.92 Å². The average Bonchev–Trinajstić information content (AvgIpc) is 2.63. The Kier molecular flexibility index (Phi) is 6.39. The lowest BCUT2D eigenvalue weighted by Gasteiger charge is -2.18. The Morgan fingerprint density at radius 3 is 2.38 bits per heavy atom. The maximum atomic E-state index is 12.9. The van der Waals surface area contributed by atoms with E-state index in [0.29, 0.717) is 12.3 Å². The van der Waals surface area contributed by atoms with Crippen molar-refractivity contribution in [1.82, 2.24) is 9.62 Å². The minimum atomic E-state index is -3.75. The third-order valence-electron chi connectivity index (χ3n) is 3.99. The summed E-state index contributed by atoms with van der Waals surface area (Å²) in [5, 5.41) is 2.66. The highest BCUT2D eigenvalue weighted by Crippen LogP contribution is 2.25. The lowest BCUT2D eigenvalue weighted by molar-refractivity contribution is 0.0952. The van der Waals surface area contributed by atoms with Crippen molar-refractivity contribution in [3.8, 4) is 5.75 Å². The van der Waals surface area contributed by atoms with Gasteiger partial charge in [0.05, 0.1) is 17.6 Å². The fraction of sp³-hybridized carbons (Fsp3) is 0.316. The minimum absolute atomic E-state index is 0.0502. The molecular weight excluding hydrogens is 352 g/mol. The number of nitrogens with one attached hydrogen (secondary N) is 1. The Morgan fingerprint density at radius 1 is 1.15 bits per heavy atom. The summed E-state index contributed by atoms with van der Waals surface area (Å²) in [6, 6.07) is 12.0. The molecule has 0 bridgehead atoms. The third-order valence-corrected chi connectivity index (χ3v) is 5.79. The fourth-order valence-corrected chi connectivity index (χ4v) is 3.68. The van der Waals surface area contributed by atoms with Gasteiger partial charge in [0.25, 0.3) is 5.91 Å². The second kappa shape index (κ2) is 8.33. The van der Waals surface area contributed by atoms with Gasteiger partial charge in [-0.15, -0.1) is 0 Å². The number of nitrogens with zero attached hydrogens (tertiary/aromatic N) is 1. The summed E-state index contributed by atoms with van der Waals surface area (Å²) in [6.07, 6.45) is 0. The second-order valence-corrected chi connectivity index (χ2v) is 8.01. The molecule has 2 rings (SSSR count). The molecule has 0 aromatic heterocycles. The molecule has 1 amide bonds. The van der Waals surface area contributed by atoms with Crippen molar-refractivity contribution in [3.63, 3.8) is 0 Å². The predicted molar refractivity (Wildman–Crippen MR) is 101 cm³/mol. The van der Waals surface area contributed by atoms with Crippen LogP contribution in [0.25, 0.3) is 0 Å². The van der Waals surface area contributed by atoms with Crippen LogP contribution in [0.15, 0.2) is 47.4 Å². The van der Waals surface area contributed by atoms with Crippen molar-refractivity contribution < 1.29 is 17.9 Å². The number of carbonyl (C=O) groups is 1. The topological polar surface area (TPSA) is 75.7 Å². The number of benzene rings is 2. The van der Waals surface area contributed by atoms with E-state index in [0.717, 1.165) is 11.1 Å². The van der Waals surface area contributed by atoms with Crippen molar-refractivity contribution in [2.75, 3.05) is 20.7 Å². The summed E-state index contributed by atoms with van der Waals surface area (Å²) >= 11 is 0. The molecule has 0 aliphatic heterocycles. The van der Waals surface area contributed by atoms with Crippen molar-refractivity contribution in [2.45, 2.75) is 25.3 Å². The Bertz CT molecular complexity index is 877. The summed E-state index contributed by atoms with van der Waals surface area (Å²) in [7, 11) is -0.786. The zero-order chi connectivity index (χ0) is 19.3. The molecule has 0 saturated carbocycles. The van der Waals surface area contributed by atoms with Crippen LogP contribution in [-0.2, 0) is 16.6 Å². The number of ether oxygens (including phenoxy) is 1. The van der Waals surface area contributed by atoms with Gasteiger partial charge >= 0.3 is 0 Å². The molecule has 0 aliphatic carbocycles. The zero-order valence-electron chi connectivity index (χ0n) is 15.4. The number of carbonyl (C=O) groups excluding carboxylic acids is 1. The average molecular weight is 376 g/mol. The van der Waals surface area contributed by atoms with E-state index < -0.39 is 10.0 Å². The van der Waals surface area contributed by atoms with Crippen LogP contribution in [0, 0.1) is 6.92 Å². The van der Waals surface area contributed by atoms with Gasteiger partial charge in [-0.3, -0.25) is 4.79 Å². The van der Waals surface area contributed by atoms with Gasteiger partial charge in [0.15, 0.2) is 0 Å². The molecule has 0 radical (unpaired) electrons. The largest absolute Gasteiger partial charge is 0.496 e. The molecule has 0 saturated heterocycles. The molecule has 140 valence electrons. The molecular formula is C19H24N2O4S. The van der Waals surface area contributed by atoms with Gasteiger partial charge < -0.3 is 10.1 Å². The van der Waals surface area contributed by atoms with Gasteiger partial charge in [0.1, 0.15) is 5.75 Å². The molecule has 2 aromatic rings.